The molecule has 1 atom stereocenters. The molecule has 0 radical (unpaired) electrons. The molecule has 2 aromatic rings. The van der Waals surface area contributed by atoms with Crippen LogP contribution in [0.5, 0.6) is 5.75 Å². The Morgan fingerprint density at radius 2 is 2.00 bits per heavy atom. The first-order valence-electron chi connectivity index (χ1n) is 6.26. The van der Waals surface area contributed by atoms with Gasteiger partial charge in [0.05, 0.1) is 16.6 Å². The lowest BCUT2D eigenvalue weighted by atomic mass is 10.1. The summed E-state index contributed by atoms with van der Waals surface area (Å²) >= 11 is 5.71. The van der Waals surface area contributed by atoms with E-state index in [0.717, 1.165) is 0 Å². The van der Waals surface area contributed by atoms with Crippen LogP contribution >= 0.6 is 11.6 Å². The van der Waals surface area contributed by atoms with Gasteiger partial charge in [-0.2, -0.15) is 5.26 Å². The third-order valence-corrected chi connectivity index (χ3v) is 3.17. The second-order valence-corrected chi connectivity index (χ2v) is 4.87. The Balaban J connectivity index is 2.09. The zero-order valence-corrected chi connectivity index (χ0v) is 12.0. The Kier molecular flexibility index (Phi) is 4.94. The Hall–Kier alpha value is -2.62. The fourth-order valence-corrected chi connectivity index (χ4v) is 1.97. The molecule has 0 saturated carbocycles. The van der Waals surface area contributed by atoms with E-state index < -0.39 is 11.0 Å². The first kappa shape index (κ1) is 15.8. The van der Waals surface area contributed by atoms with Gasteiger partial charge in [-0.3, -0.25) is 10.1 Å². The van der Waals surface area contributed by atoms with Crippen molar-refractivity contribution in [2.75, 3.05) is 6.61 Å². The van der Waals surface area contributed by atoms with Crippen molar-refractivity contribution in [3.63, 3.8) is 0 Å². The molecule has 2 aromatic carbocycles. The van der Waals surface area contributed by atoms with Crippen LogP contribution in [-0.4, -0.2) is 16.6 Å². The highest BCUT2D eigenvalue weighted by Crippen LogP contribution is 2.30. The fourth-order valence-electron chi connectivity index (χ4n) is 1.80. The first-order valence-corrected chi connectivity index (χ1v) is 6.64. The molecule has 0 spiro atoms. The maximum atomic E-state index is 10.9. The zero-order chi connectivity index (χ0) is 16.1. The highest BCUT2D eigenvalue weighted by atomic mass is 35.5. The van der Waals surface area contributed by atoms with Crippen molar-refractivity contribution in [2.45, 2.75) is 6.10 Å². The number of benzene rings is 2. The van der Waals surface area contributed by atoms with Crippen LogP contribution in [0.3, 0.4) is 0 Å². The number of aliphatic hydroxyl groups excluding tert-OH is 1. The number of nitriles is 1. The van der Waals surface area contributed by atoms with E-state index >= 15 is 0 Å². The van der Waals surface area contributed by atoms with Gasteiger partial charge >= 0.3 is 5.69 Å². The molecule has 1 unspecified atom stereocenters. The number of nitro groups is 1. The van der Waals surface area contributed by atoms with Gasteiger partial charge in [-0.05, 0) is 29.8 Å². The average Bonchev–Trinajstić information content (AvgIpc) is 2.53. The molecule has 0 aliphatic heterocycles. The predicted octanol–water partition coefficient (Wildman–Crippen LogP) is 3.23. The first-order chi connectivity index (χ1) is 10.5. The Morgan fingerprint density at radius 3 is 2.59 bits per heavy atom. The van der Waals surface area contributed by atoms with Crippen molar-refractivity contribution in [1.82, 2.24) is 0 Å². The zero-order valence-electron chi connectivity index (χ0n) is 11.3. The van der Waals surface area contributed by atoms with Crippen LogP contribution in [0, 0.1) is 21.4 Å². The van der Waals surface area contributed by atoms with E-state index in [1.54, 1.807) is 24.3 Å². The second-order valence-electron chi connectivity index (χ2n) is 4.43. The Labute approximate surface area is 131 Å². The van der Waals surface area contributed by atoms with Gasteiger partial charge in [-0.1, -0.05) is 23.7 Å². The lowest BCUT2D eigenvalue weighted by molar-refractivity contribution is -0.385. The molecule has 0 aromatic heterocycles. The van der Waals surface area contributed by atoms with Crippen LogP contribution in [-0.2, 0) is 0 Å². The summed E-state index contributed by atoms with van der Waals surface area (Å²) in [6, 6.07) is 12.4. The molecule has 0 aliphatic carbocycles. The number of aliphatic hydroxyl groups is 1. The summed E-state index contributed by atoms with van der Waals surface area (Å²) in [5.41, 5.74) is 0.764. The Morgan fingerprint density at radius 1 is 1.32 bits per heavy atom. The number of halogens is 1. The molecule has 112 valence electrons. The van der Waals surface area contributed by atoms with Crippen LogP contribution in [0.4, 0.5) is 5.69 Å². The average molecular weight is 319 g/mol. The van der Waals surface area contributed by atoms with Gasteiger partial charge in [0, 0.05) is 11.1 Å². The summed E-state index contributed by atoms with van der Waals surface area (Å²) in [6.45, 7) is -0.158. The summed E-state index contributed by atoms with van der Waals surface area (Å²) < 4.78 is 5.31. The van der Waals surface area contributed by atoms with Crippen LogP contribution in [0.15, 0.2) is 42.5 Å². The molecular weight excluding hydrogens is 308 g/mol. The van der Waals surface area contributed by atoms with Crippen LogP contribution in [0.1, 0.15) is 17.2 Å². The van der Waals surface area contributed by atoms with Crippen molar-refractivity contribution in [2.24, 2.45) is 0 Å². The fraction of sp³-hybridized carbons (Fsp3) is 0.133. The van der Waals surface area contributed by atoms with Gasteiger partial charge < -0.3 is 9.84 Å². The summed E-state index contributed by atoms with van der Waals surface area (Å²) in [7, 11) is 0. The minimum Gasteiger partial charge on any atom is -0.484 e. The van der Waals surface area contributed by atoms with Crippen molar-refractivity contribution in [3.8, 4) is 11.8 Å². The molecular formula is C15H11ClN2O4. The van der Waals surface area contributed by atoms with Crippen LogP contribution in [0.2, 0.25) is 5.02 Å². The van der Waals surface area contributed by atoms with E-state index in [4.69, 9.17) is 21.6 Å². The lowest BCUT2D eigenvalue weighted by Crippen LogP contribution is -2.10. The molecule has 0 heterocycles. The van der Waals surface area contributed by atoms with E-state index in [2.05, 4.69) is 0 Å². The minimum absolute atomic E-state index is 0.0297. The molecule has 6 nitrogen and oxygen atoms in total. The quantitative estimate of drug-likeness (QED) is 0.674. The number of nitrogens with zero attached hydrogens (tertiary/aromatic N) is 2. The summed E-state index contributed by atoms with van der Waals surface area (Å²) in [5.74, 6) is 0.0297. The van der Waals surface area contributed by atoms with Gasteiger partial charge in [0.25, 0.3) is 0 Å². The summed E-state index contributed by atoms with van der Waals surface area (Å²) in [6.07, 6.45) is -0.969. The van der Waals surface area contributed by atoms with Gasteiger partial charge in [0.1, 0.15) is 12.7 Å². The minimum atomic E-state index is -0.969. The molecule has 0 aliphatic rings. The normalized spacial score (nSPS) is 11.5. The van der Waals surface area contributed by atoms with Gasteiger partial charge in [0.15, 0.2) is 5.75 Å². The smallest absolute Gasteiger partial charge is 0.312 e. The van der Waals surface area contributed by atoms with E-state index in [0.29, 0.717) is 11.1 Å². The van der Waals surface area contributed by atoms with Crippen molar-refractivity contribution >= 4 is 17.3 Å². The van der Waals surface area contributed by atoms with Crippen molar-refractivity contribution in [3.05, 3.63) is 68.7 Å². The maximum Gasteiger partial charge on any atom is 0.312 e. The topological polar surface area (TPSA) is 96.4 Å². The molecule has 0 fully saturated rings. The Bertz CT molecular complexity index is 725. The molecule has 22 heavy (non-hydrogen) atoms. The highest BCUT2D eigenvalue weighted by molar-refractivity contribution is 6.30. The largest absolute Gasteiger partial charge is 0.484 e. The van der Waals surface area contributed by atoms with Crippen LogP contribution < -0.4 is 4.74 Å². The van der Waals surface area contributed by atoms with Crippen molar-refractivity contribution in [1.29, 1.82) is 5.26 Å². The highest BCUT2D eigenvalue weighted by Gasteiger charge is 2.17. The predicted molar refractivity (Wildman–Crippen MR) is 79.7 cm³/mol. The second kappa shape index (κ2) is 6.89. The standard InChI is InChI=1S/C15H11ClN2O4/c16-12-5-6-15(13(7-12)18(20)21)22-9-14(19)11-3-1-10(8-17)2-4-11/h1-7,14,19H,9H2. The van der Waals surface area contributed by atoms with E-state index in [9.17, 15) is 15.2 Å². The summed E-state index contributed by atoms with van der Waals surface area (Å²) in [4.78, 5) is 10.3. The molecule has 0 saturated heterocycles. The van der Waals surface area contributed by atoms with E-state index in [1.165, 1.54) is 18.2 Å². The number of ether oxygens (including phenoxy) is 1. The third-order valence-electron chi connectivity index (χ3n) is 2.94. The number of hydrogen-bond donors (Lipinski definition) is 1. The van der Waals surface area contributed by atoms with E-state index in [-0.39, 0.29) is 23.1 Å². The summed E-state index contributed by atoms with van der Waals surface area (Å²) in [5, 5.41) is 29.9. The molecule has 1 N–H and O–H groups in total. The van der Waals surface area contributed by atoms with Crippen LogP contribution in [0.25, 0.3) is 0 Å². The van der Waals surface area contributed by atoms with Gasteiger partial charge in [-0.15, -0.1) is 0 Å². The third kappa shape index (κ3) is 3.73. The molecule has 2 rings (SSSR count). The number of nitro benzene ring substituents is 1. The lowest BCUT2D eigenvalue weighted by Gasteiger charge is -2.13. The van der Waals surface area contributed by atoms with E-state index in [1.807, 2.05) is 6.07 Å². The maximum absolute atomic E-state index is 10.9. The monoisotopic (exact) mass is 318 g/mol. The number of rotatable bonds is 5. The molecule has 0 bridgehead atoms. The number of hydrogen-bond acceptors (Lipinski definition) is 5. The van der Waals surface area contributed by atoms with Gasteiger partial charge in [0.2, 0.25) is 0 Å². The molecule has 0 amide bonds. The molecule has 7 heteroatoms. The SMILES string of the molecule is N#Cc1ccc(C(O)COc2ccc(Cl)cc2[N+](=O)[O-])cc1. The van der Waals surface area contributed by atoms with Gasteiger partial charge in [-0.25, -0.2) is 0 Å². The van der Waals surface area contributed by atoms with Crippen molar-refractivity contribution < 1.29 is 14.8 Å².